The highest BCUT2D eigenvalue weighted by Crippen LogP contribution is 2.57. The van der Waals surface area contributed by atoms with E-state index in [1.54, 1.807) is 31.5 Å². The van der Waals surface area contributed by atoms with Crippen LogP contribution in [0.15, 0.2) is 54.7 Å². The summed E-state index contributed by atoms with van der Waals surface area (Å²) in [5, 5.41) is 0.333. The number of amides is 1. The van der Waals surface area contributed by atoms with Gasteiger partial charge in [-0.1, -0.05) is 30.2 Å². The minimum atomic E-state index is -0.509. The van der Waals surface area contributed by atoms with Crippen LogP contribution in [-0.4, -0.2) is 18.0 Å². The molecule has 0 bridgehead atoms. The van der Waals surface area contributed by atoms with Gasteiger partial charge in [-0.3, -0.25) is 4.79 Å². The van der Waals surface area contributed by atoms with E-state index < -0.39 is 5.41 Å². The summed E-state index contributed by atoms with van der Waals surface area (Å²) in [4.78, 5) is 19.5. The number of benzene rings is 2. The van der Waals surface area contributed by atoms with E-state index in [0.29, 0.717) is 28.9 Å². The fourth-order valence-electron chi connectivity index (χ4n) is 4.48. The van der Waals surface area contributed by atoms with Crippen molar-refractivity contribution in [1.82, 2.24) is 4.98 Å². The Bertz CT molecular complexity index is 1160. The maximum absolute atomic E-state index is 13.6. The number of aromatic nitrogens is 1. The predicted octanol–water partition coefficient (Wildman–Crippen LogP) is 5.09. The number of carbonyl (C=O) groups excluding carboxylic acids is 1. The standard InChI is InChI=1S/C24H22ClN3O3/c1-30-17-5-3-15(4-6-17)14-28-22-19(24(23(28)29)8-2-9-24)11-16(26)12-20(22)31-18-7-10-27-21(25)13-18/h3-7,10-13H,2,8-9,14,26H2,1H3. The maximum atomic E-state index is 13.6. The molecule has 1 amide bonds. The average Bonchev–Trinajstić information content (AvgIpc) is 2.96. The number of rotatable bonds is 5. The van der Waals surface area contributed by atoms with Crippen molar-refractivity contribution < 1.29 is 14.3 Å². The van der Waals surface area contributed by atoms with Crippen LogP contribution in [0.2, 0.25) is 5.15 Å². The molecule has 1 spiro atoms. The van der Waals surface area contributed by atoms with E-state index in [1.807, 2.05) is 35.2 Å². The summed E-state index contributed by atoms with van der Waals surface area (Å²) in [5.74, 6) is 1.97. The number of nitrogens with two attached hydrogens (primary N) is 1. The lowest BCUT2D eigenvalue weighted by molar-refractivity contribution is -0.126. The van der Waals surface area contributed by atoms with Gasteiger partial charge in [0.2, 0.25) is 5.91 Å². The quantitative estimate of drug-likeness (QED) is 0.446. The zero-order chi connectivity index (χ0) is 21.6. The van der Waals surface area contributed by atoms with Crippen molar-refractivity contribution in [3.63, 3.8) is 0 Å². The number of ether oxygens (including phenoxy) is 2. The number of pyridine rings is 1. The minimum Gasteiger partial charge on any atom is -0.497 e. The van der Waals surface area contributed by atoms with Crippen LogP contribution in [0.25, 0.3) is 0 Å². The molecule has 31 heavy (non-hydrogen) atoms. The van der Waals surface area contributed by atoms with Crippen molar-refractivity contribution in [1.29, 1.82) is 0 Å². The largest absolute Gasteiger partial charge is 0.497 e. The fraction of sp³-hybridized carbons (Fsp3) is 0.250. The van der Waals surface area contributed by atoms with E-state index in [2.05, 4.69) is 4.98 Å². The van der Waals surface area contributed by atoms with Crippen LogP contribution in [0.5, 0.6) is 17.2 Å². The molecular formula is C24H22ClN3O3. The Morgan fingerprint density at radius 3 is 2.55 bits per heavy atom. The molecule has 158 valence electrons. The molecule has 6 nitrogen and oxygen atoms in total. The van der Waals surface area contributed by atoms with E-state index in [9.17, 15) is 4.79 Å². The second-order valence-corrected chi connectivity index (χ2v) is 8.39. The van der Waals surface area contributed by atoms with Gasteiger partial charge in [0, 0.05) is 24.0 Å². The third kappa shape index (κ3) is 3.27. The molecule has 1 aromatic heterocycles. The van der Waals surface area contributed by atoms with Crippen molar-refractivity contribution in [2.75, 3.05) is 17.7 Å². The van der Waals surface area contributed by atoms with E-state index in [0.717, 1.165) is 41.8 Å². The third-order valence-corrected chi connectivity index (χ3v) is 6.38. The van der Waals surface area contributed by atoms with Gasteiger partial charge in [0.25, 0.3) is 0 Å². The van der Waals surface area contributed by atoms with E-state index >= 15 is 0 Å². The summed E-state index contributed by atoms with van der Waals surface area (Å²) in [6.07, 6.45) is 4.24. The van der Waals surface area contributed by atoms with Crippen molar-refractivity contribution in [3.8, 4) is 17.2 Å². The molecule has 1 saturated carbocycles. The van der Waals surface area contributed by atoms with Crippen LogP contribution in [0.3, 0.4) is 0 Å². The van der Waals surface area contributed by atoms with Crippen LogP contribution in [0.4, 0.5) is 11.4 Å². The highest BCUT2D eigenvalue weighted by Gasteiger charge is 2.55. The monoisotopic (exact) mass is 435 g/mol. The van der Waals surface area contributed by atoms with Crippen LogP contribution in [-0.2, 0) is 16.8 Å². The van der Waals surface area contributed by atoms with Gasteiger partial charge in [-0.2, -0.15) is 0 Å². The van der Waals surface area contributed by atoms with Gasteiger partial charge in [0.05, 0.1) is 24.8 Å². The van der Waals surface area contributed by atoms with Gasteiger partial charge in [0.1, 0.15) is 16.7 Å². The molecule has 1 aliphatic heterocycles. The first-order chi connectivity index (χ1) is 15.0. The van der Waals surface area contributed by atoms with Crippen LogP contribution >= 0.6 is 11.6 Å². The lowest BCUT2D eigenvalue weighted by atomic mass is 9.65. The highest BCUT2D eigenvalue weighted by atomic mass is 35.5. The Kier molecular flexibility index (Phi) is 4.74. The second-order valence-electron chi connectivity index (χ2n) is 8.01. The van der Waals surface area contributed by atoms with Crippen molar-refractivity contribution in [2.24, 2.45) is 0 Å². The number of anilines is 2. The Balaban J connectivity index is 1.59. The van der Waals surface area contributed by atoms with E-state index in [-0.39, 0.29) is 5.91 Å². The van der Waals surface area contributed by atoms with E-state index in [1.165, 1.54) is 0 Å². The Labute approximate surface area is 185 Å². The number of nitrogens with zero attached hydrogens (tertiary/aromatic N) is 2. The Hall–Kier alpha value is -3.25. The lowest BCUT2D eigenvalue weighted by Gasteiger charge is -2.37. The molecule has 2 N–H and O–H groups in total. The summed E-state index contributed by atoms with van der Waals surface area (Å²) >= 11 is 6.03. The molecule has 7 heteroatoms. The zero-order valence-electron chi connectivity index (χ0n) is 17.1. The molecule has 0 atom stereocenters. The predicted molar refractivity (Wildman–Crippen MR) is 120 cm³/mol. The van der Waals surface area contributed by atoms with Gasteiger partial charge >= 0.3 is 0 Å². The normalized spacial score (nSPS) is 16.2. The molecule has 5 rings (SSSR count). The number of carbonyl (C=O) groups is 1. The Morgan fingerprint density at radius 2 is 1.90 bits per heavy atom. The van der Waals surface area contributed by atoms with Gasteiger partial charge in [-0.05, 0) is 48.2 Å². The second kappa shape index (κ2) is 7.46. The summed E-state index contributed by atoms with van der Waals surface area (Å²) in [6.45, 7) is 0.439. The van der Waals surface area contributed by atoms with Crippen molar-refractivity contribution >= 4 is 28.9 Å². The Morgan fingerprint density at radius 1 is 1.13 bits per heavy atom. The van der Waals surface area contributed by atoms with Gasteiger partial charge < -0.3 is 20.1 Å². The average molecular weight is 436 g/mol. The van der Waals surface area contributed by atoms with Gasteiger partial charge in [0.15, 0.2) is 5.75 Å². The summed E-state index contributed by atoms with van der Waals surface area (Å²) in [7, 11) is 1.63. The topological polar surface area (TPSA) is 77.7 Å². The number of hydrogen-bond donors (Lipinski definition) is 1. The molecule has 0 saturated heterocycles. The van der Waals surface area contributed by atoms with Crippen molar-refractivity contribution in [2.45, 2.75) is 31.2 Å². The molecular weight excluding hydrogens is 414 g/mol. The number of fused-ring (bicyclic) bond motifs is 2. The molecule has 2 heterocycles. The number of halogens is 1. The molecule has 2 aliphatic rings. The molecule has 2 aromatic carbocycles. The SMILES string of the molecule is COc1ccc(CN2C(=O)C3(CCC3)c3cc(N)cc(Oc4ccnc(Cl)c4)c32)cc1. The fourth-order valence-corrected chi connectivity index (χ4v) is 4.64. The first kappa shape index (κ1) is 19.7. The first-order valence-corrected chi connectivity index (χ1v) is 10.6. The number of methoxy groups -OCH3 is 1. The highest BCUT2D eigenvalue weighted by molar-refractivity contribution is 6.29. The maximum Gasteiger partial charge on any atom is 0.238 e. The van der Waals surface area contributed by atoms with E-state index in [4.69, 9.17) is 26.8 Å². The third-order valence-electron chi connectivity index (χ3n) is 6.17. The van der Waals surface area contributed by atoms with Crippen molar-refractivity contribution in [3.05, 3.63) is 71.0 Å². The van der Waals surface area contributed by atoms with Crippen LogP contribution < -0.4 is 20.1 Å². The molecule has 3 aromatic rings. The zero-order valence-corrected chi connectivity index (χ0v) is 17.9. The summed E-state index contributed by atoms with van der Waals surface area (Å²) < 4.78 is 11.4. The summed E-state index contributed by atoms with van der Waals surface area (Å²) in [6, 6.07) is 14.8. The summed E-state index contributed by atoms with van der Waals surface area (Å²) in [5.41, 5.74) is 9.03. The van der Waals surface area contributed by atoms with Crippen LogP contribution in [0.1, 0.15) is 30.4 Å². The molecule has 0 unspecified atom stereocenters. The number of hydrogen-bond acceptors (Lipinski definition) is 5. The molecule has 0 radical (unpaired) electrons. The number of nitrogen functional groups attached to an aromatic ring is 1. The minimum absolute atomic E-state index is 0.104. The van der Waals surface area contributed by atoms with Gasteiger partial charge in [-0.15, -0.1) is 0 Å². The first-order valence-electron chi connectivity index (χ1n) is 10.2. The lowest BCUT2D eigenvalue weighted by Crippen LogP contribution is -2.44. The van der Waals surface area contributed by atoms with Gasteiger partial charge in [-0.25, -0.2) is 4.98 Å². The molecule has 1 fully saturated rings. The molecule has 1 aliphatic carbocycles. The smallest absolute Gasteiger partial charge is 0.238 e. The van der Waals surface area contributed by atoms with Crippen LogP contribution in [0, 0.1) is 0 Å².